The van der Waals surface area contributed by atoms with Crippen LogP contribution in [0, 0.1) is 5.82 Å². The SMILES string of the molecule is COC1CCCC(Oc2ccc(N)c(F)c2)C1. The first-order valence-corrected chi connectivity index (χ1v) is 5.93. The number of methoxy groups -OCH3 is 1. The zero-order valence-corrected chi connectivity index (χ0v) is 9.99. The van der Waals surface area contributed by atoms with Crippen molar-refractivity contribution in [3.63, 3.8) is 0 Å². The predicted octanol–water partition coefficient (Wildman–Crippen LogP) is 2.74. The van der Waals surface area contributed by atoms with E-state index in [-0.39, 0.29) is 17.9 Å². The van der Waals surface area contributed by atoms with E-state index < -0.39 is 5.82 Å². The molecule has 2 atom stereocenters. The molecule has 17 heavy (non-hydrogen) atoms. The molecule has 94 valence electrons. The average molecular weight is 239 g/mol. The van der Waals surface area contributed by atoms with Crippen molar-refractivity contribution < 1.29 is 13.9 Å². The molecule has 2 rings (SSSR count). The summed E-state index contributed by atoms with van der Waals surface area (Å²) in [6.07, 6.45) is 4.38. The van der Waals surface area contributed by atoms with Crippen LogP contribution in [-0.2, 0) is 4.74 Å². The van der Waals surface area contributed by atoms with Gasteiger partial charge in [0, 0.05) is 19.6 Å². The number of hydrogen-bond acceptors (Lipinski definition) is 3. The molecule has 1 fully saturated rings. The Morgan fingerprint density at radius 1 is 1.29 bits per heavy atom. The molecule has 0 heterocycles. The van der Waals surface area contributed by atoms with Crippen LogP contribution in [0.1, 0.15) is 25.7 Å². The topological polar surface area (TPSA) is 44.5 Å². The van der Waals surface area contributed by atoms with Crippen LogP contribution in [0.5, 0.6) is 5.75 Å². The Balaban J connectivity index is 1.97. The Kier molecular flexibility index (Phi) is 3.84. The summed E-state index contributed by atoms with van der Waals surface area (Å²) in [4.78, 5) is 0. The minimum Gasteiger partial charge on any atom is -0.490 e. The number of benzene rings is 1. The van der Waals surface area contributed by atoms with Crippen LogP contribution in [0.2, 0.25) is 0 Å². The van der Waals surface area contributed by atoms with Crippen molar-refractivity contribution in [3.8, 4) is 5.75 Å². The largest absolute Gasteiger partial charge is 0.490 e. The van der Waals surface area contributed by atoms with Crippen molar-refractivity contribution in [1.82, 2.24) is 0 Å². The van der Waals surface area contributed by atoms with Gasteiger partial charge in [-0.05, 0) is 31.4 Å². The van der Waals surface area contributed by atoms with E-state index >= 15 is 0 Å². The van der Waals surface area contributed by atoms with Gasteiger partial charge in [-0.15, -0.1) is 0 Å². The summed E-state index contributed by atoms with van der Waals surface area (Å²) in [6.45, 7) is 0. The van der Waals surface area contributed by atoms with Gasteiger partial charge in [0.2, 0.25) is 0 Å². The van der Waals surface area contributed by atoms with E-state index in [4.69, 9.17) is 15.2 Å². The first kappa shape index (κ1) is 12.2. The van der Waals surface area contributed by atoms with Crippen LogP contribution in [0.15, 0.2) is 18.2 Å². The van der Waals surface area contributed by atoms with Gasteiger partial charge in [0.25, 0.3) is 0 Å². The molecule has 0 aliphatic heterocycles. The summed E-state index contributed by atoms with van der Waals surface area (Å²) in [5.41, 5.74) is 5.56. The summed E-state index contributed by atoms with van der Waals surface area (Å²) in [5.74, 6) is 0.111. The molecule has 0 saturated heterocycles. The highest BCUT2D eigenvalue weighted by atomic mass is 19.1. The lowest BCUT2D eigenvalue weighted by Gasteiger charge is -2.28. The van der Waals surface area contributed by atoms with Gasteiger partial charge in [-0.3, -0.25) is 0 Å². The molecular weight excluding hydrogens is 221 g/mol. The first-order chi connectivity index (χ1) is 8.19. The Morgan fingerprint density at radius 2 is 2.06 bits per heavy atom. The molecule has 1 aliphatic carbocycles. The van der Waals surface area contributed by atoms with Crippen LogP contribution in [-0.4, -0.2) is 19.3 Å². The molecule has 1 aliphatic rings. The van der Waals surface area contributed by atoms with E-state index in [9.17, 15) is 4.39 Å². The zero-order valence-electron chi connectivity index (χ0n) is 9.99. The number of nitrogen functional groups attached to an aromatic ring is 1. The van der Waals surface area contributed by atoms with Crippen LogP contribution in [0.25, 0.3) is 0 Å². The lowest BCUT2D eigenvalue weighted by atomic mass is 9.95. The summed E-state index contributed by atoms with van der Waals surface area (Å²) in [7, 11) is 1.72. The lowest BCUT2D eigenvalue weighted by molar-refractivity contribution is 0.0209. The lowest BCUT2D eigenvalue weighted by Crippen LogP contribution is -2.29. The molecule has 1 aromatic carbocycles. The standard InChI is InChI=1S/C13H18FNO2/c1-16-9-3-2-4-10(7-9)17-11-5-6-13(15)12(14)8-11/h5-6,8-10H,2-4,7,15H2,1H3. The molecule has 0 bridgehead atoms. The average Bonchev–Trinajstić information content (AvgIpc) is 2.34. The summed E-state index contributed by atoms with van der Waals surface area (Å²) in [6, 6.07) is 4.57. The minimum atomic E-state index is -0.429. The van der Waals surface area contributed by atoms with Gasteiger partial charge in [-0.1, -0.05) is 0 Å². The number of halogens is 1. The molecule has 0 aromatic heterocycles. The molecule has 0 amide bonds. The monoisotopic (exact) mass is 239 g/mol. The fourth-order valence-corrected chi connectivity index (χ4v) is 2.20. The number of hydrogen-bond donors (Lipinski definition) is 1. The van der Waals surface area contributed by atoms with Gasteiger partial charge in [-0.2, -0.15) is 0 Å². The van der Waals surface area contributed by atoms with Gasteiger partial charge in [0.05, 0.1) is 11.8 Å². The number of anilines is 1. The number of ether oxygens (including phenoxy) is 2. The van der Waals surface area contributed by atoms with Crippen molar-refractivity contribution in [3.05, 3.63) is 24.0 Å². The van der Waals surface area contributed by atoms with Crippen molar-refractivity contribution in [1.29, 1.82) is 0 Å². The molecule has 3 nitrogen and oxygen atoms in total. The van der Waals surface area contributed by atoms with Crippen LogP contribution >= 0.6 is 0 Å². The van der Waals surface area contributed by atoms with E-state index in [1.54, 1.807) is 13.2 Å². The van der Waals surface area contributed by atoms with Crippen LogP contribution in [0.3, 0.4) is 0 Å². The fourth-order valence-electron chi connectivity index (χ4n) is 2.20. The van der Waals surface area contributed by atoms with Crippen molar-refractivity contribution in [2.24, 2.45) is 0 Å². The molecule has 4 heteroatoms. The Morgan fingerprint density at radius 3 is 2.76 bits per heavy atom. The van der Waals surface area contributed by atoms with E-state index in [1.807, 2.05) is 0 Å². The highest BCUT2D eigenvalue weighted by Crippen LogP contribution is 2.26. The Bertz CT molecular complexity index is 384. The quantitative estimate of drug-likeness (QED) is 0.825. The second-order valence-electron chi connectivity index (χ2n) is 4.45. The summed E-state index contributed by atoms with van der Waals surface area (Å²) < 4.78 is 24.3. The smallest absolute Gasteiger partial charge is 0.149 e. The third kappa shape index (κ3) is 3.09. The number of nitrogens with two attached hydrogens (primary N) is 1. The maximum Gasteiger partial charge on any atom is 0.149 e. The molecule has 1 aromatic rings. The second-order valence-corrected chi connectivity index (χ2v) is 4.45. The minimum absolute atomic E-state index is 0.108. The van der Waals surface area contributed by atoms with E-state index in [1.165, 1.54) is 12.1 Å². The van der Waals surface area contributed by atoms with E-state index in [2.05, 4.69) is 0 Å². The Labute approximate surface area is 101 Å². The fraction of sp³-hybridized carbons (Fsp3) is 0.538. The molecule has 2 N–H and O–H groups in total. The maximum atomic E-state index is 13.2. The van der Waals surface area contributed by atoms with E-state index in [0.29, 0.717) is 5.75 Å². The van der Waals surface area contributed by atoms with Crippen LogP contribution < -0.4 is 10.5 Å². The van der Waals surface area contributed by atoms with Gasteiger partial charge in [0.15, 0.2) is 0 Å². The normalized spacial score (nSPS) is 24.6. The van der Waals surface area contributed by atoms with Gasteiger partial charge >= 0.3 is 0 Å². The molecule has 2 unspecified atom stereocenters. The van der Waals surface area contributed by atoms with Crippen LogP contribution in [0.4, 0.5) is 10.1 Å². The van der Waals surface area contributed by atoms with Crippen molar-refractivity contribution in [2.75, 3.05) is 12.8 Å². The molecule has 0 spiro atoms. The predicted molar refractivity (Wildman–Crippen MR) is 64.5 cm³/mol. The van der Waals surface area contributed by atoms with Crippen molar-refractivity contribution >= 4 is 5.69 Å². The second kappa shape index (κ2) is 5.36. The maximum absolute atomic E-state index is 13.2. The first-order valence-electron chi connectivity index (χ1n) is 5.93. The van der Waals surface area contributed by atoms with E-state index in [0.717, 1.165) is 25.7 Å². The number of rotatable bonds is 3. The highest BCUT2D eigenvalue weighted by molar-refractivity contribution is 5.43. The third-order valence-electron chi connectivity index (χ3n) is 3.19. The molecule has 0 radical (unpaired) electrons. The zero-order chi connectivity index (χ0) is 12.3. The third-order valence-corrected chi connectivity index (χ3v) is 3.19. The summed E-state index contributed by atoms with van der Waals surface area (Å²) in [5, 5.41) is 0. The van der Waals surface area contributed by atoms with Gasteiger partial charge < -0.3 is 15.2 Å². The summed E-state index contributed by atoms with van der Waals surface area (Å²) >= 11 is 0. The van der Waals surface area contributed by atoms with Gasteiger partial charge in [-0.25, -0.2) is 4.39 Å². The molecule has 1 saturated carbocycles. The highest BCUT2D eigenvalue weighted by Gasteiger charge is 2.23. The Hall–Kier alpha value is -1.29. The van der Waals surface area contributed by atoms with Crippen molar-refractivity contribution in [2.45, 2.75) is 37.9 Å². The molecular formula is C13H18FNO2. The van der Waals surface area contributed by atoms with Gasteiger partial charge in [0.1, 0.15) is 17.7 Å².